The summed E-state index contributed by atoms with van der Waals surface area (Å²) in [5.41, 5.74) is -0.0811. The van der Waals surface area contributed by atoms with Crippen LogP contribution in [0.3, 0.4) is 0 Å². The summed E-state index contributed by atoms with van der Waals surface area (Å²) in [7, 11) is 0. The van der Waals surface area contributed by atoms with Crippen LogP contribution in [0, 0.1) is 5.41 Å². The summed E-state index contributed by atoms with van der Waals surface area (Å²) in [6.45, 7) is 8.37. The van der Waals surface area contributed by atoms with Gasteiger partial charge >= 0.3 is 12.0 Å². The lowest BCUT2D eigenvalue weighted by molar-refractivity contribution is -0.137. The zero-order valence-electron chi connectivity index (χ0n) is 12.6. The summed E-state index contributed by atoms with van der Waals surface area (Å²) in [6, 6.07) is 0.0404. The quantitative estimate of drug-likeness (QED) is 0.779. The number of amides is 2. The lowest BCUT2D eigenvalue weighted by Crippen LogP contribution is -2.51. The van der Waals surface area contributed by atoms with Gasteiger partial charge in [0.15, 0.2) is 0 Å². The predicted molar refractivity (Wildman–Crippen MR) is 75.7 cm³/mol. The van der Waals surface area contributed by atoms with E-state index in [2.05, 4.69) is 5.32 Å². The fourth-order valence-electron chi connectivity index (χ4n) is 2.21. The van der Waals surface area contributed by atoms with E-state index in [1.54, 1.807) is 4.90 Å². The molecule has 0 spiro atoms. The van der Waals surface area contributed by atoms with Gasteiger partial charge in [-0.15, -0.1) is 0 Å². The molecule has 20 heavy (non-hydrogen) atoms. The highest BCUT2D eigenvalue weighted by Gasteiger charge is 2.24. The molecular weight excluding hydrogens is 260 g/mol. The van der Waals surface area contributed by atoms with E-state index in [-0.39, 0.29) is 23.9 Å². The SMILES string of the molecule is CC1COCCN1C(=O)NCCC(C)(C)CCC(=O)O. The third-order valence-corrected chi connectivity index (χ3v) is 3.72. The minimum absolute atomic E-state index is 0.0603. The van der Waals surface area contributed by atoms with Gasteiger partial charge in [0.25, 0.3) is 0 Å². The smallest absolute Gasteiger partial charge is 0.317 e. The summed E-state index contributed by atoms with van der Waals surface area (Å²) in [5, 5.41) is 11.6. The zero-order valence-corrected chi connectivity index (χ0v) is 12.6. The molecule has 2 amide bonds. The van der Waals surface area contributed by atoms with Crippen molar-refractivity contribution in [1.29, 1.82) is 0 Å². The molecule has 0 aromatic carbocycles. The summed E-state index contributed by atoms with van der Waals surface area (Å²) in [6.07, 6.45) is 1.55. The highest BCUT2D eigenvalue weighted by molar-refractivity contribution is 5.74. The first-order valence-electron chi connectivity index (χ1n) is 7.16. The maximum Gasteiger partial charge on any atom is 0.317 e. The second-order valence-electron chi connectivity index (χ2n) is 6.16. The molecule has 0 saturated carbocycles. The number of ether oxygens (including phenoxy) is 1. The highest BCUT2D eigenvalue weighted by Crippen LogP contribution is 2.26. The fraction of sp³-hybridized carbons (Fsp3) is 0.857. The molecule has 1 heterocycles. The molecule has 1 saturated heterocycles. The molecule has 6 nitrogen and oxygen atoms in total. The number of aliphatic carboxylic acids is 1. The normalized spacial score (nSPS) is 19.8. The number of nitrogens with one attached hydrogen (secondary N) is 1. The molecule has 6 heteroatoms. The maximum absolute atomic E-state index is 12.0. The standard InChI is InChI=1S/C14H26N2O4/c1-11-10-20-9-8-16(11)13(19)15-7-6-14(2,3)5-4-12(17)18/h11H,4-10H2,1-3H3,(H,15,19)(H,17,18). The van der Waals surface area contributed by atoms with Gasteiger partial charge in [-0.05, 0) is 25.2 Å². The van der Waals surface area contributed by atoms with E-state index in [0.717, 1.165) is 6.42 Å². The molecular formula is C14H26N2O4. The molecule has 0 aliphatic carbocycles. The molecule has 0 aromatic heterocycles. The van der Waals surface area contributed by atoms with Crippen molar-refractivity contribution in [2.45, 2.75) is 46.1 Å². The van der Waals surface area contributed by atoms with Crippen LogP contribution in [0.2, 0.25) is 0 Å². The Kier molecular flexibility index (Phi) is 6.26. The van der Waals surface area contributed by atoms with E-state index in [9.17, 15) is 9.59 Å². The highest BCUT2D eigenvalue weighted by atomic mass is 16.5. The molecule has 1 unspecified atom stereocenters. The first kappa shape index (κ1) is 16.8. The number of carbonyl (C=O) groups excluding carboxylic acids is 1. The average Bonchev–Trinajstić information content (AvgIpc) is 2.37. The van der Waals surface area contributed by atoms with Gasteiger partial charge in [0.05, 0.1) is 19.3 Å². The third kappa shape index (κ3) is 5.77. The number of urea groups is 1. The lowest BCUT2D eigenvalue weighted by atomic mass is 9.84. The van der Waals surface area contributed by atoms with Gasteiger partial charge in [-0.2, -0.15) is 0 Å². The van der Waals surface area contributed by atoms with Crippen molar-refractivity contribution in [2.75, 3.05) is 26.3 Å². The van der Waals surface area contributed by atoms with Crippen LogP contribution in [0.25, 0.3) is 0 Å². The Labute approximate surface area is 120 Å². The molecule has 1 aliphatic heterocycles. The molecule has 1 aliphatic rings. The van der Waals surface area contributed by atoms with E-state index >= 15 is 0 Å². The molecule has 0 aromatic rings. The fourth-order valence-corrected chi connectivity index (χ4v) is 2.21. The number of morpholine rings is 1. The summed E-state index contributed by atoms with van der Waals surface area (Å²) in [4.78, 5) is 24.4. The Morgan fingerprint density at radius 2 is 2.10 bits per heavy atom. The van der Waals surface area contributed by atoms with Crippen LogP contribution < -0.4 is 5.32 Å². The van der Waals surface area contributed by atoms with Gasteiger partial charge < -0.3 is 20.1 Å². The number of nitrogens with zero attached hydrogens (tertiary/aromatic N) is 1. The maximum atomic E-state index is 12.0. The summed E-state index contributed by atoms with van der Waals surface area (Å²) >= 11 is 0. The number of carbonyl (C=O) groups is 2. The van der Waals surface area contributed by atoms with Gasteiger partial charge in [-0.3, -0.25) is 4.79 Å². The van der Waals surface area contributed by atoms with Crippen LogP contribution in [-0.2, 0) is 9.53 Å². The average molecular weight is 286 g/mol. The van der Waals surface area contributed by atoms with Crippen molar-refractivity contribution < 1.29 is 19.4 Å². The summed E-state index contributed by atoms with van der Waals surface area (Å²) in [5.74, 6) is -0.774. The van der Waals surface area contributed by atoms with E-state index < -0.39 is 5.97 Å². The predicted octanol–water partition coefficient (Wildman–Crippen LogP) is 1.70. The lowest BCUT2D eigenvalue weighted by Gasteiger charge is -2.33. The van der Waals surface area contributed by atoms with E-state index in [1.165, 1.54) is 0 Å². The van der Waals surface area contributed by atoms with Crippen LogP contribution >= 0.6 is 0 Å². The van der Waals surface area contributed by atoms with Crippen molar-refractivity contribution in [1.82, 2.24) is 10.2 Å². The first-order valence-corrected chi connectivity index (χ1v) is 7.16. The van der Waals surface area contributed by atoms with Crippen LogP contribution in [0.5, 0.6) is 0 Å². The number of carboxylic acids is 1. The molecule has 116 valence electrons. The van der Waals surface area contributed by atoms with Crippen LogP contribution in [0.4, 0.5) is 4.79 Å². The largest absolute Gasteiger partial charge is 0.481 e. The number of carboxylic acid groups (broad SMARTS) is 1. The van der Waals surface area contributed by atoms with Gasteiger partial charge in [0.1, 0.15) is 0 Å². The zero-order chi connectivity index (χ0) is 15.2. The van der Waals surface area contributed by atoms with Gasteiger partial charge in [0, 0.05) is 19.5 Å². The van der Waals surface area contributed by atoms with Crippen LogP contribution in [0.15, 0.2) is 0 Å². The molecule has 1 fully saturated rings. The first-order chi connectivity index (χ1) is 9.32. The van der Waals surface area contributed by atoms with E-state index in [4.69, 9.17) is 9.84 Å². The monoisotopic (exact) mass is 286 g/mol. The van der Waals surface area contributed by atoms with E-state index in [0.29, 0.717) is 32.7 Å². The van der Waals surface area contributed by atoms with Crippen LogP contribution in [-0.4, -0.2) is 54.4 Å². The van der Waals surface area contributed by atoms with Crippen molar-refractivity contribution >= 4 is 12.0 Å². The third-order valence-electron chi connectivity index (χ3n) is 3.72. The second kappa shape index (κ2) is 7.47. The van der Waals surface area contributed by atoms with Crippen molar-refractivity contribution in [3.63, 3.8) is 0 Å². The Balaban J connectivity index is 2.28. The van der Waals surface area contributed by atoms with Crippen molar-refractivity contribution in [3.8, 4) is 0 Å². The Hall–Kier alpha value is -1.30. The van der Waals surface area contributed by atoms with Gasteiger partial charge in [0.2, 0.25) is 0 Å². The number of hydrogen-bond donors (Lipinski definition) is 2. The number of rotatable bonds is 6. The topological polar surface area (TPSA) is 78.9 Å². The van der Waals surface area contributed by atoms with Gasteiger partial charge in [-0.1, -0.05) is 13.8 Å². The molecule has 1 atom stereocenters. The van der Waals surface area contributed by atoms with Crippen molar-refractivity contribution in [2.24, 2.45) is 5.41 Å². The summed E-state index contributed by atoms with van der Waals surface area (Å²) < 4.78 is 5.30. The molecule has 0 radical (unpaired) electrons. The van der Waals surface area contributed by atoms with E-state index in [1.807, 2.05) is 20.8 Å². The Morgan fingerprint density at radius 1 is 1.40 bits per heavy atom. The van der Waals surface area contributed by atoms with Gasteiger partial charge in [-0.25, -0.2) is 4.79 Å². The minimum Gasteiger partial charge on any atom is -0.481 e. The van der Waals surface area contributed by atoms with Crippen LogP contribution in [0.1, 0.15) is 40.0 Å². The molecule has 0 bridgehead atoms. The Morgan fingerprint density at radius 3 is 2.70 bits per heavy atom. The number of hydrogen-bond acceptors (Lipinski definition) is 3. The van der Waals surface area contributed by atoms with Crippen molar-refractivity contribution in [3.05, 3.63) is 0 Å². The Bertz CT molecular complexity index is 344. The minimum atomic E-state index is -0.774. The molecule has 1 rings (SSSR count). The molecule has 2 N–H and O–H groups in total. The second-order valence-corrected chi connectivity index (χ2v) is 6.16.